The molecule has 2 aromatic rings. The summed E-state index contributed by atoms with van der Waals surface area (Å²) in [6.07, 6.45) is 3.54. The minimum Gasteiger partial charge on any atom is -0.504 e. The number of ether oxygens (including phenoxy) is 1. The minimum atomic E-state index is 0.142. The van der Waals surface area contributed by atoms with Crippen LogP contribution in [0.3, 0.4) is 0 Å². The first-order chi connectivity index (χ1) is 7.72. The van der Waals surface area contributed by atoms with Crippen LogP contribution in [0.1, 0.15) is 5.56 Å². The molecule has 1 heterocycles. The van der Waals surface area contributed by atoms with Crippen LogP contribution in [-0.4, -0.2) is 17.2 Å². The Balaban J connectivity index is 2.50. The number of aryl methyl sites for hydroxylation is 1. The van der Waals surface area contributed by atoms with E-state index in [9.17, 15) is 5.11 Å². The summed E-state index contributed by atoms with van der Waals surface area (Å²) in [5.74, 6) is 0.619. The van der Waals surface area contributed by atoms with Crippen molar-refractivity contribution in [3.8, 4) is 22.6 Å². The summed E-state index contributed by atoms with van der Waals surface area (Å²) in [5, 5.41) is 9.70. The van der Waals surface area contributed by atoms with Gasteiger partial charge in [-0.2, -0.15) is 0 Å². The fraction of sp³-hybridized carbons (Fsp3) is 0.154. The van der Waals surface area contributed by atoms with Gasteiger partial charge >= 0.3 is 0 Å². The number of methoxy groups -OCH3 is 1. The Labute approximate surface area is 94.3 Å². The van der Waals surface area contributed by atoms with E-state index >= 15 is 0 Å². The van der Waals surface area contributed by atoms with Gasteiger partial charge in [0.2, 0.25) is 0 Å². The molecule has 0 atom stereocenters. The number of phenols is 1. The Morgan fingerprint density at radius 3 is 2.69 bits per heavy atom. The van der Waals surface area contributed by atoms with Crippen molar-refractivity contribution in [2.45, 2.75) is 6.92 Å². The molecule has 0 aliphatic rings. The SMILES string of the molecule is COc1ccc(-c2cnccc2C)cc1O. The highest BCUT2D eigenvalue weighted by Crippen LogP contribution is 2.32. The number of aromatic nitrogens is 1. The van der Waals surface area contributed by atoms with Gasteiger partial charge in [-0.05, 0) is 36.2 Å². The highest BCUT2D eigenvalue weighted by molar-refractivity contribution is 5.69. The predicted octanol–water partition coefficient (Wildman–Crippen LogP) is 2.77. The van der Waals surface area contributed by atoms with E-state index in [-0.39, 0.29) is 5.75 Å². The molecular formula is C13H13NO2. The summed E-state index contributed by atoms with van der Waals surface area (Å²) < 4.78 is 5.00. The normalized spacial score (nSPS) is 10.1. The molecule has 3 nitrogen and oxygen atoms in total. The predicted molar refractivity (Wildman–Crippen MR) is 62.6 cm³/mol. The second kappa shape index (κ2) is 4.23. The van der Waals surface area contributed by atoms with Gasteiger partial charge in [0.05, 0.1) is 7.11 Å². The number of nitrogens with zero attached hydrogens (tertiary/aromatic N) is 1. The third-order valence-electron chi connectivity index (χ3n) is 2.53. The highest BCUT2D eigenvalue weighted by atomic mass is 16.5. The lowest BCUT2D eigenvalue weighted by Gasteiger charge is -2.08. The van der Waals surface area contributed by atoms with Crippen LogP contribution in [0.15, 0.2) is 36.7 Å². The maximum Gasteiger partial charge on any atom is 0.160 e. The van der Waals surface area contributed by atoms with Crippen LogP contribution >= 0.6 is 0 Å². The van der Waals surface area contributed by atoms with E-state index in [1.54, 1.807) is 24.5 Å². The van der Waals surface area contributed by atoms with Gasteiger partial charge in [0.15, 0.2) is 11.5 Å². The fourth-order valence-electron chi connectivity index (χ4n) is 1.62. The van der Waals surface area contributed by atoms with E-state index < -0.39 is 0 Å². The maximum atomic E-state index is 9.70. The number of rotatable bonds is 2. The molecule has 0 saturated carbocycles. The second-order valence-electron chi connectivity index (χ2n) is 3.58. The molecule has 0 amide bonds. The van der Waals surface area contributed by atoms with Gasteiger partial charge in [0, 0.05) is 18.0 Å². The first kappa shape index (κ1) is 10.5. The van der Waals surface area contributed by atoms with Gasteiger partial charge in [-0.15, -0.1) is 0 Å². The average molecular weight is 215 g/mol. The van der Waals surface area contributed by atoms with Gasteiger partial charge in [-0.1, -0.05) is 6.07 Å². The van der Waals surface area contributed by atoms with Crippen molar-refractivity contribution in [3.05, 3.63) is 42.2 Å². The van der Waals surface area contributed by atoms with Crippen LogP contribution in [0, 0.1) is 6.92 Å². The molecule has 16 heavy (non-hydrogen) atoms. The quantitative estimate of drug-likeness (QED) is 0.837. The van der Waals surface area contributed by atoms with Crippen molar-refractivity contribution in [2.75, 3.05) is 7.11 Å². The number of hydrogen-bond donors (Lipinski definition) is 1. The summed E-state index contributed by atoms with van der Waals surface area (Å²) in [4.78, 5) is 4.08. The summed E-state index contributed by atoms with van der Waals surface area (Å²) in [5.41, 5.74) is 3.07. The molecule has 82 valence electrons. The average Bonchev–Trinajstić information content (AvgIpc) is 2.29. The Morgan fingerprint density at radius 1 is 1.25 bits per heavy atom. The topological polar surface area (TPSA) is 42.4 Å². The molecule has 2 rings (SSSR count). The molecule has 1 aromatic heterocycles. The molecule has 0 unspecified atom stereocenters. The van der Waals surface area contributed by atoms with Crippen LogP contribution in [0.25, 0.3) is 11.1 Å². The Morgan fingerprint density at radius 2 is 2.06 bits per heavy atom. The van der Waals surface area contributed by atoms with Gasteiger partial charge in [-0.25, -0.2) is 0 Å². The smallest absolute Gasteiger partial charge is 0.160 e. The molecule has 0 aliphatic carbocycles. The maximum absolute atomic E-state index is 9.70. The van der Waals surface area contributed by atoms with Crippen molar-refractivity contribution < 1.29 is 9.84 Å². The zero-order valence-electron chi connectivity index (χ0n) is 9.27. The molecule has 0 radical (unpaired) electrons. The third kappa shape index (κ3) is 1.84. The number of benzene rings is 1. The first-order valence-electron chi connectivity index (χ1n) is 5.00. The lowest BCUT2D eigenvalue weighted by molar-refractivity contribution is 0.373. The van der Waals surface area contributed by atoms with Crippen molar-refractivity contribution in [3.63, 3.8) is 0 Å². The Bertz CT molecular complexity index is 509. The van der Waals surface area contributed by atoms with Crippen molar-refractivity contribution >= 4 is 0 Å². The monoisotopic (exact) mass is 215 g/mol. The van der Waals surface area contributed by atoms with Crippen molar-refractivity contribution in [1.29, 1.82) is 0 Å². The van der Waals surface area contributed by atoms with E-state index in [0.717, 1.165) is 16.7 Å². The van der Waals surface area contributed by atoms with E-state index in [0.29, 0.717) is 5.75 Å². The molecule has 0 saturated heterocycles. The Kier molecular flexibility index (Phi) is 2.77. The molecule has 0 aliphatic heterocycles. The van der Waals surface area contributed by atoms with Crippen molar-refractivity contribution in [1.82, 2.24) is 4.98 Å². The molecule has 3 heteroatoms. The summed E-state index contributed by atoms with van der Waals surface area (Å²) in [6, 6.07) is 7.28. The van der Waals surface area contributed by atoms with E-state index in [1.165, 1.54) is 7.11 Å². The lowest BCUT2D eigenvalue weighted by Crippen LogP contribution is -1.87. The fourth-order valence-corrected chi connectivity index (χ4v) is 1.62. The van der Waals surface area contributed by atoms with E-state index in [1.807, 2.05) is 19.1 Å². The Hall–Kier alpha value is -2.03. The molecule has 0 spiro atoms. The summed E-state index contributed by atoms with van der Waals surface area (Å²) in [6.45, 7) is 2.01. The molecule has 1 N–H and O–H groups in total. The number of aromatic hydroxyl groups is 1. The van der Waals surface area contributed by atoms with Gasteiger partial charge in [0.1, 0.15) is 0 Å². The number of pyridine rings is 1. The minimum absolute atomic E-state index is 0.142. The summed E-state index contributed by atoms with van der Waals surface area (Å²) in [7, 11) is 1.53. The van der Waals surface area contributed by atoms with Crippen LogP contribution < -0.4 is 4.74 Å². The van der Waals surface area contributed by atoms with Gasteiger partial charge in [0.25, 0.3) is 0 Å². The standard InChI is InChI=1S/C13H13NO2/c1-9-5-6-14-8-11(9)10-3-4-13(16-2)12(15)7-10/h3-8,15H,1-2H3. The van der Waals surface area contributed by atoms with Crippen LogP contribution in [-0.2, 0) is 0 Å². The zero-order chi connectivity index (χ0) is 11.5. The van der Waals surface area contributed by atoms with Crippen LogP contribution in [0.4, 0.5) is 0 Å². The largest absolute Gasteiger partial charge is 0.504 e. The van der Waals surface area contributed by atoms with Gasteiger partial charge in [-0.3, -0.25) is 4.98 Å². The lowest BCUT2D eigenvalue weighted by atomic mass is 10.0. The van der Waals surface area contributed by atoms with Gasteiger partial charge < -0.3 is 9.84 Å². The van der Waals surface area contributed by atoms with Crippen LogP contribution in [0.5, 0.6) is 11.5 Å². The van der Waals surface area contributed by atoms with E-state index in [2.05, 4.69) is 4.98 Å². The molecular weight excluding hydrogens is 202 g/mol. The van der Waals surface area contributed by atoms with E-state index in [4.69, 9.17) is 4.74 Å². The second-order valence-corrected chi connectivity index (χ2v) is 3.58. The van der Waals surface area contributed by atoms with Crippen molar-refractivity contribution in [2.24, 2.45) is 0 Å². The highest BCUT2D eigenvalue weighted by Gasteiger charge is 2.06. The summed E-state index contributed by atoms with van der Waals surface area (Å²) >= 11 is 0. The zero-order valence-corrected chi connectivity index (χ0v) is 9.27. The number of hydrogen-bond acceptors (Lipinski definition) is 3. The molecule has 0 bridgehead atoms. The molecule has 0 fully saturated rings. The number of phenolic OH excluding ortho intramolecular Hbond substituents is 1. The van der Waals surface area contributed by atoms with Crippen LogP contribution in [0.2, 0.25) is 0 Å². The molecule has 1 aromatic carbocycles. The third-order valence-corrected chi connectivity index (χ3v) is 2.53. The first-order valence-corrected chi connectivity index (χ1v) is 5.00.